The van der Waals surface area contributed by atoms with Gasteiger partial charge in [0.2, 0.25) is 0 Å². The van der Waals surface area contributed by atoms with Gasteiger partial charge in [-0.05, 0) is 40.4 Å². The second-order valence-electron chi connectivity index (χ2n) is 6.44. The molecule has 1 aromatic heterocycles. The van der Waals surface area contributed by atoms with Crippen LogP contribution in [0, 0.1) is 5.92 Å². The van der Waals surface area contributed by atoms with E-state index in [0.717, 1.165) is 30.2 Å². The zero-order chi connectivity index (χ0) is 15.0. The van der Waals surface area contributed by atoms with Crippen molar-refractivity contribution in [2.24, 2.45) is 5.92 Å². The van der Waals surface area contributed by atoms with E-state index in [1.807, 2.05) is 7.05 Å². The molecular weight excluding hydrogens is 288 g/mol. The minimum atomic E-state index is 0.220. The van der Waals surface area contributed by atoms with Gasteiger partial charge >= 0.3 is 0 Å². The summed E-state index contributed by atoms with van der Waals surface area (Å²) in [7, 11) is 6.16. The largest absolute Gasteiger partial charge is 0.375 e. The molecule has 1 aromatic rings. The molecule has 0 amide bonds. The van der Waals surface area contributed by atoms with E-state index in [0.29, 0.717) is 18.1 Å². The third kappa shape index (κ3) is 2.97. The highest BCUT2D eigenvalue weighted by molar-refractivity contribution is 6.31. The van der Waals surface area contributed by atoms with Crippen molar-refractivity contribution >= 4 is 11.6 Å². The van der Waals surface area contributed by atoms with Crippen LogP contribution in [0.25, 0.3) is 0 Å². The van der Waals surface area contributed by atoms with Crippen LogP contribution in [0.4, 0.5) is 0 Å². The van der Waals surface area contributed by atoms with Gasteiger partial charge in [-0.25, -0.2) is 0 Å². The van der Waals surface area contributed by atoms with Crippen LogP contribution in [0.15, 0.2) is 6.20 Å². The summed E-state index contributed by atoms with van der Waals surface area (Å²) in [5.74, 6) is 0.501. The topological polar surface area (TPSA) is 42.3 Å². The molecule has 118 valence electrons. The maximum absolute atomic E-state index is 6.44. The predicted octanol–water partition coefficient (Wildman–Crippen LogP) is 1.93. The molecule has 6 heteroatoms. The average Bonchev–Trinajstić information content (AvgIpc) is 3.15. The molecule has 0 radical (unpaired) electrons. The van der Waals surface area contributed by atoms with E-state index in [-0.39, 0.29) is 6.04 Å². The van der Waals surface area contributed by atoms with Gasteiger partial charge in [-0.3, -0.25) is 4.68 Å². The van der Waals surface area contributed by atoms with Gasteiger partial charge in [0.05, 0.1) is 41.7 Å². The lowest BCUT2D eigenvalue weighted by Gasteiger charge is -2.29. The van der Waals surface area contributed by atoms with Crippen molar-refractivity contribution in [1.29, 1.82) is 0 Å². The Bertz CT molecular complexity index is 490. The van der Waals surface area contributed by atoms with Gasteiger partial charge in [0.1, 0.15) is 0 Å². The van der Waals surface area contributed by atoms with Gasteiger partial charge in [-0.1, -0.05) is 11.6 Å². The summed E-state index contributed by atoms with van der Waals surface area (Å²) < 4.78 is 8.07. The van der Waals surface area contributed by atoms with E-state index < -0.39 is 0 Å². The summed E-state index contributed by atoms with van der Waals surface area (Å²) in [6.07, 6.45) is 6.12. The van der Waals surface area contributed by atoms with E-state index in [1.165, 1.54) is 12.8 Å². The van der Waals surface area contributed by atoms with Crippen LogP contribution in [0.2, 0.25) is 5.02 Å². The Morgan fingerprint density at radius 3 is 2.90 bits per heavy atom. The second-order valence-corrected chi connectivity index (χ2v) is 6.85. The van der Waals surface area contributed by atoms with Gasteiger partial charge in [0.25, 0.3) is 0 Å². The zero-order valence-electron chi connectivity index (χ0n) is 13.1. The molecule has 0 aromatic carbocycles. The second kappa shape index (κ2) is 6.24. The molecular formula is C15H25ClN4O. The van der Waals surface area contributed by atoms with Crippen LogP contribution in [0.1, 0.15) is 31.0 Å². The number of nitrogens with zero attached hydrogens (tertiary/aromatic N) is 3. The molecule has 0 aliphatic carbocycles. The van der Waals surface area contributed by atoms with Crippen molar-refractivity contribution in [2.45, 2.75) is 44.1 Å². The quantitative estimate of drug-likeness (QED) is 0.871. The smallest absolute Gasteiger partial charge is 0.0834 e. The highest BCUT2D eigenvalue weighted by atomic mass is 35.5. The van der Waals surface area contributed by atoms with Gasteiger partial charge in [-0.2, -0.15) is 5.10 Å². The molecule has 2 fully saturated rings. The number of rotatable bonds is 6. The van der Waals surface area contributed by atoms with Crippen molar-refractivity contribution < 1.29 is 4.74 Å². The van der Waals surface area contributed by atoms with E-state index in [9.17, 15) is 0 Å². The summed E-state index contributed by atoms with van der Waals surface area (Å²) in [6, 6.07) is 0.220. The van der Waals surface area contributed by atoms with Crippen molar-refractivity contribution in [1.82, 2.24) is 20.0 Å². The molecule has 2 aliphatic heterocycles. The Balaban J connectivity index is 1.81. The number of hydrogen-bond acceptors (Lipinski definition) is 4. The first-order valence-electron chi connectivity index (χ1n) is 7.78. The summed E-state index contributed by atoms with van der Waals surface area (Å²) in [5.41, 5.74) is 1.11. The van der Waals surface area contributed by atoms with Crippen molar-refractivity contribution in [3.8, 4) is 0 Å². The molecule has 0 saturated carbocycles. The van der Waals surface area contributed by atoms with E-state index in [2.05, 4.69) is 34.1 Å². The first-order valence-corrected chi connectivity index (χ1v) is 8.16. The number of likely N-dealkylation sites (N-methyl/N-ethyl adjacent to an activating group) is 1. The third-order valence-corrected chi connectivity index (χ3v) is 5.07. The molecule has 3 rings (SSSR count). The van der Waals surface area contributed by atoms with E-state index >= 15 is 0 Å². The molecule has 4 atom stereocenters. The first-order chi connectivity index (χ1) is 10.1. The summed E-state index contributed by atoms with van der Waals surface area (Å²) >= 11 is 6.44. The number of hydrogen-bond donors (Lipinski definition) is 1. The van der Waals surface area contributed by atoms with Crippen LogP contribution in [0.3, 0.4) is 0 Å². The maximum Gasteiger partial charge on any atom is 0.0834 e. The van der Waals surface area contributed by atoms with Gasteiger partial charge in [-0.15, -0.1) is 0 Å². The van der Waals surface area contributed by atoms with Crippen molar-refractivity contribution in [3.05, 3.63) is 16.9 Å². The normalized spacial score (nSPS) is 29.5. The standard InChI is InChI=1S/C15H25ClN4O/c1-17-14(11-8-10-4-5-13(11)21-10)15-12(16)9-18-20(15)7-6-19(2)3/h9-11,13-14,17H,4-8H2,1-3H3. The molecule has 3 heterocycles. The van der Waals surface area contributed by atoms with Crippen LogP contribution >= 0.6 is 11.6 Å². The fraction of sp³-hybridized carbons (Fsp3) is 0.800. The van der Waals surface area contributed by atoms with Crippen LogP contribution < -0.4 is 5.32 Å². The van der Waals surface area contributed by atoms with Gasteiger partial charge in [0.15, 0.2) is 0 Å². The summed E-state index contributed by atoms with van der Waals surface area (Å²) in [6.45, 7) is 1.81. The van der Waals surface area contributed by atoms with Gasteiger partial charge < -0.3 is 15.0 Å². The zero-order valence-corrected chi connectivity index (χ0v) is 13.8. The fourth-order valence-electron chi connectivity index (χ4n) is 3.74. The lowest BCUT2D eigenvalue weighted by Crippen LogP contribution is -2.34. The molecule has 21 heavy (non-hydrogen) atoms. The Labute approximate surface area is 131 Å². The molecule has 2 aliphatic rings. The van der Waals surface area contributed by atoms with Crippen molar-refractivity contribution in [3.63, 3.8) is 0 Å². The summed E-state index contributed by atoms with van der Waals surface area (Å²) in [4.78, 5) is 2.16. The Morgan fingerprint density at radius 1 is 1.52 bits per heavy atom. The molecule has 0 spiro atoms. The first kappa shape index (κ1) is 15.3. The fourth-order valence-corrected chi connectivity index (χ4v) is 3.99. The minimum absolute atomic E-state index is 0.220. The Hall–Kier alpha value is -0.620. The predicted molar refractivity (Wildman–Crippen MR) is 83.6 cm³/mol. The van der Waals surface area contributed by atoms with Gasteiger partial charge in [0, 0.05) is 12.5 Å². The third-order valence-electron chi connectivity index (χ3n) is 4.78. The Morgan fingerprint density at radius 2 is 2.33 bits per heavy atom. The molecule has 4 unspecified atom stereocenters. The lowest BCUT2D eigenvalue weighted by molar-refractivity contribution is 0.0855. The highest BCUT2D eigenvalue weighted by Crippen LogP contribution is 2.45. The maximum atomic E-state index is 6.44. The summed E-state index contributed by atoms with van der Waals surface area (Å²) in [5, 5.41) is 8.69. The molecule has 2 bridgehead atoms. The minimum Gasteiger partial charge on any atom is -0.375 e. The Kier molecular flexibility index (Phi) is 4.54. The number of nitrogens with one attached hydrogen (secondary N) is 1. The number of fused-ring (bicyclic) bond motifs is 2. The van der Waals surface area contributed by atoms with Crippen LogP contribution in [-0.4, -0.2) is 54.6 Å². The number of aromatic nitrogens is 2. The van der Waals surface area contributed by atoms with Crippen LogP contribution in [0.5, 0.6) is 0 Å². The van der Waals surface area contributed by atoms with Crippen LogP contribution in [-0.2, 0) is 11.3 Å². The van der Waals surface area contributed by atoms with E-state index in [4.69, 9.17) is 16.3 Å². The number of ether oxygens (including phenoxy) is 1. The molecule has 2 saturated heterocycles. The SMILES string of the molecule is CNC(c1c(Cl)cnn1CCN(C)C)C1CC2CCC1O2. The lowest BCUT2D eigenvalue weighted by atomic mass is 9.82. The monoisotopic (exact) mass is 312 g/mol. The van der Waals surface area contributed by atoms with E-state index in [1.54, 1.807) is 6.20 Å². The molecule has 5 nitrogen and oxygen atoms in total. The highest BCUT2D eigenvalue weighted by Gasteiger charge is 2.45. The number of halogens is 1. The van der Waals surface area contributed by atoms with Crippen molar-refractivity contribution in [2.75, 3.05) is 27.7 Å². The molecule has 1 N–H and O–H groups in total. The average molecular weight is 313 g/mol.